The molecule has 0 bridgehead atoms. The molecule has 0 saturated heterocycles. The standard InChI is InChI=1S/C14H12N4O3/c19-18(20)12-5-3-11(4-6-12)14-16-13(17-21-14)8-10-2-1-7-15-9-10/h1-7,9,14H,8H2,(H,16,17). The maximum absolute atomic E-state index is 10.6. The zero-order valence-electron chi connectivity index (χ0n) is 11.0. The first-order valence-electron chi connectivity index (χ1n) is 6.34. The van der Waals surface area contributed by atoms with Crippen LogP contribution in [-0.4, -0.2) is 15.7 Å². The Kier molecular flexibility index (Phi) is 3.57. The van der Waals surface area contributed by atoms with E-state index in [0.29, 0.717) is 12.3 Å². The number of nitrogens with one attached hydrogen (secondary N) is 1. The van der Waals surface area contributed by atoms with Gasteiger partial charge in [0.2, 0.25) is 6.23 Å². The van der Waals surface area contributed by atoms with Crippen LogP contribution in [0.15, 0.2) is 53.8 Å². The van der Waals surface area contributed by atoms with E-state index in [1.165, 1.54) is 12.1 Å². The van der Waals surface area contributed by atoms with Crippen LogP contribution in [-0.2, 0) is 11.3 Å². The molecule has 1 aromatic carbocycles. The molecule has 1 unspecified atom stereocenters. The van der Waals surface area contributed by atoms with Crippen LogP contribution in [0.25, 0.3) is 0 Å². The van der Waals surface area contributed by atoms with Gasteiger partial charge in [-0.05, 0) is 23.8 Å². The van der Waals surface area contributed by atoms with Crippen LogP contribution >= 0.6 is 0 Å². The van der Waals surface area contributed by atoms with E-state index in [-0.39, 0.29) is 5.69 Å². The van der Waals surface area contributed by atoms with Crippen molar-refractivity contribution in [3.8, 4) is 0 Å². The number of aromatic nitrogens is 1. The van der Waals surface area contributed by atoms with Crippen molar-refractivity contribution in [1.82, 2.24) is 10.5 Å². The summed E-state index contributed by atoms with van der Waals surface area (Å²) in [6.45, 7) is 0. The lowest BCUT2D eigenvalue weighted by Gasteiger charge is -2.05. The third-order valence-corrected chi connectivity index (χ3v) is 3.04. The van der Waals surface area contributed by atoms with Crippen LogP contribution in [0.4, 0.5) is 5.69 Å². The average Bonchev–Trinajstić information content (AvgIpc) is 2.97. The van der Waals surface area contributed by atoms with Crippen molar-refractivity contribution in [1.29, 1.82) is 0 Å². The van der Waals surface area contributed by atoms with E-state index in [9.17, 15) is 10.1 Å². The van der Waals surface area contributed by atoms with Crippen molar-refractivity contribution >= 4 is 11.5 Å². The summed E-state index contributed by atoms with van der Waals surface area (Å²) in [6, 6.07) is 9.97. The van der Waals surface area contributed by atoms with E-state index >= 15 is 0 Å². The van der Waals surface area contributed by atoms with Gasteiger partial charge in [0.25, 0.3) is 5.69 Å². The molecule has 1 aliphatic rings. The summed E-state index contributed by atoms with van der Waals surface area (Å²) in [5.74, 6) is 0.700. The molecule has 2 aromatic rings. The van der Waals surface area contributed by atoms with Gasteiger partial charge in [0, 0.05) is 36.5 Å². The maximum atomic E-state index is 10.6. The molecule has 0 saturated carbocycles. The number of hydrogen-bond acceptors (Lipinski definition) is 6. The van der Waals surface area contributed by atoms with Gasteiger partial charge < -0.3 is 0 Å². The summed E-state index contributed by atoms with van der Waals surface area (Å²) >= 11 is 0. The largest absolute Gasteiger partial charge is 0.269 e. The van der Waals surface area contributed by atoms with Crippen molar-refractivity contribution in [2.75, 3.05) is 0 Å². The SMILES string of the molecule is O=[N+]([O-])c1ccc(C2N=C(Cc3cccnc3)NO2)cc1. The molecule has 1 N–H and O–H groups in total. The summed E-state index contributed by atoms with van der Waals surface area (Å²) in [7, 11) is 0. The smallest absolute Gasteiger partial charge is 0.264 e. The Balaban J connectivity index is 1.71. The summed E-state index contributed by atoms with van der Waals surface area (Å²) < 4.78 is 0. The van der Waals surface area contributed by atoms with Gasteiger partial charge >= 0.3 is 0 Å². The molecular weight excluding hydrogens is 272 g/mol. The predicted molar refractivity (Wildman–Crippen MR) is 75.4 cm³/mol. The Labute approximate surface area is 120 Å². The lowest BCUT2D eigenvalue weighted by atomic mass is 10.2. The Morgan fingerprint density at radius 3 is 2.76 bits per heavy atom. The first-order valence-corrected chi connectivity index (χ1v) is 6.34. The van der Waals surface area contributed by atoms with Crippen LogP contribution < -0.4 is 5.48 Å². The number of hydrogen-bond donors (Lipinski definition) is 1. The molecule has 0 amide bonds. The maximum Gasteiger partial charge on any atom is 0.269 e. The second-order valence-corrected chi connectivity index (χ2v) is 4.53. The van der Waals surface area contributed by atoms with Crippen molar-refractivity contribution in [2.24, 2.45) is 4.99 Å². The molecule has 0 fully saturated rings. The second-order valence-electron chi connectivity index (χ2n) is 4.53. The third kappa shape index (κ3) is 3.03. The molecule has 7 nitrogen and oxygen atoms in total. The van der Waals surface area contributed by atoms with Crippen molar-refractivity contribution in [3.05, 3.63) is 70.0 Å². The number of nitro groups is 1. The van der Waals surface area contributed by atoms with Crippen LogP contribution in [0.5, 0.6) is 0 Å². The molecule has 1 aromatic heterocycles. The Hall–Kier alpha value is -2.80. The molecule has 1 atom stereocenters. The molecule has 21 heavy (non-hydrogen) atoms. The highest BCUT2D eigenvalue weighted by Crippen LogP contribution is 2.24. The molecule has 106 valence electrons. The van der Waals surface area contributed by atoms with Gasteiger partial charge in [-0.2, -0.15) is 0 Å². The monoisotopic (exact) mass is 284 g/mol. The number of aliphatic imine (C=N–C) groups is 1. The second kappa shape index (κ2) is 5.68. The highest BCUT2D eigenvalue weighted by atomic mass is 16.7. The van der Waals surface area contributed by atoms with Crippen LogP contribution in [0, 0.1) is 10.1 Å². The number of hydroxylamine groups is 1. The molecule has 0 spiro atoms. The van der Waals surface area contributed by atoms with Crippen LogP contribution in [0.2, 0.25) is 0 Å². The normalized spacial score (nSPS) is 17.1. The van der Waals surface area contributed by atoms with Gasteiger partial charge in [0.05, 0.1) is 4.92 Å². The molecule has 7 heteroatoms. The number of nitrogens with zero attached hydrogens (tertiary/aromatic N) is 3. The summed E-state index contributed by atoms with van der Waals surface area (Å²) in [5, 5.41) is 10.6. The molecule has 3 rings (SSSR count). The molecular formula is C14H12N4O3. The van der Waals surface area contributed by atoms with E-state index in [1.54, 1.807) is 24.5 Å². The minimum atomic E-state index is -0.488. The van der Waals surface area contributed by atoms with Gasteiger partial charge in [-0.25, -0.2) is 9.83 Å². The fourth-order valence-electron chi connectivity index (χ4n) is 2.00. The summed E-state index contributed by atoms with van der Waals surface area (Å²) in [5.41, 5.74) is 4.61. The number of nitro benzene ring substituents is 1. The first kappa shape index (κ1) is 13.2. The number of non-ortho nitro benzene ring substituents is 1. The minimum Gasteiger partial charge on any atom is -0.264 e. The number of benzene rings is 1. The third-order valence-electron chi connectivity index (χ3n) is 3.04. The van der Waals surface area contributed by atoms with E-state index < -0.39 is 11.2 Å². The Morgan fingerprint density at radius 1 is 1.29 bits per heavy atom. The first-order chi connectivity index (χ1) is 10.2. The summed E-state index contributed by atoms with van der Waals surface area (Å²) in [4.78, 5) is 24.0. The van der Waals surface area contributed by atoms with E-state index in [1.807, 2.05) is 12.1 Å². The topological polar surface area (TPSA) is 89.7 Å². The van der Waals surface area contributed by atoms with E-state index in [2.05, 4.69) is 15.5 Å². The lowest BCUT2D eigenvalue weighted by Crippen LogP contribution is -2.19. The highest BCUT2D eigenvalue weighted by molar-refractivity contribution is 5.84. The van der Waals surface area contributed by atoms with Crippen LogP contribution in [0.3, 0.4) is 0 Å². The average molecular weight is 284 g/mol. The number of amidine groups is 1. The minimum absolute atomic E-state index is 0.0456. The quantitative estimate of drug-likeness (QED) is 0.686. The van der Waals surface area contributed by atoms with Crippen molar-refractivity contribution in [2.45, 2.75) is 12.6 Å². The summed E-state index contributed by atoms with van der Waals surface area (Å²) in [6.07, 6.45) is 3.59. The van der Waals surface area contributed by atoms with Crippen LogP contribution in [0.1, 0.15) is 17.4 Å². The van der Waals surface area contributed by atoms with Gasteiger partial charge in [-0.15, -0.1) is 0 Å². The van der Waals surface area contributed by atoms with Crippen molar-refractivity contribution in [3.63, 3.8) is 0 Å². The van der Waals surface area contributed by atoms with Gasteiger partial charge in [0.1, 0.15) is 5.84 Å². The van der Waals surface area contributed by atoms with Gasteiger partial charge in [0.15, 0.2) is 0 Å². The lowest BCUT2D eigenvalue weighted by molar-refractivity contribution is -0.384. The van der Waals surface area contributed by atoms with E-state index in [4.69, 9.17) is 4.84 Å². The Morgan fingerprint density at radius 2 is 2.10 bits per heavy atom. The van der Waals surface area contributed by atoms with Gasteiger partial charge in [-0.1, -0.05) is 6.07 Å². The predicted octanol–water partition coefficient (Wildman–Crippen LogP) is 2.16. The fraction of sp³-hybridized carbons (Fsp3) is 0.143. The van der Waals surface area contributed by atoms with E-state index in [0.717, 1.165) is 11.1 Å². The van der Waals surface area contributed by atoms with Gasteiger partial charge in [-0.3, -0.25) is 20.6 Å². The molecule has 0 radical (unpaired) electrons. The fourth-order valence-corrected chi connectivity index (χ4v) is 2.00. The zero-order chi connectivity index (χ0) is 14.7. The molecule has 2 heterocycles. The molecule has 1 aliphatic heterocycles. The zero-order valence-corrected chi connectivity index (χ0v) is 11.0. The molecule has 0 aliphatic carbocycles. The Bertz CT molecular complexity index is 670. The van der Waals surface area contributed by atoms with Crippen molar-refractivity contribution < 1.29 is 9.76 Å². The number of rotatable bonds is 4. The highest BCUT2D eigenvalue weighted by Gasteiger charge is 2.20. The number of pyridine rings is 1.